The van der Waals surface area contributed by atoms with Crippen molar-refractivity contribution in [3.8, 4) is 0 Å². The van der Waals surface area contributed by atoms with E-state index in [4.69, 9.17) is 0 Å². The zero-order chi connectivity index (χ0) is 12.3. The van der Waals surface area contributed by atoms with Crippen LogP contribution in [0.1, 0.15) is 33.6 Å². The van der Waals surface area contributed by atoms with Crippen LogP contribution in [0.5, 0.6) is 0 Å². The van der Waals surface area contributed by atoms with Crippen molar-refractivity contribution in [3.05, 3.63) is 12.4 Å². The Kier molecular flexibility index (Phi) is 3.72. The molecule has 1 aromatic heterocycles. The molecule has 1 aromatic rings. The van der Waals surface area contributed by atoms with Crippen molar-refractivity contribution in [2.45, 2.75) is 45.7 Å². The van der Waals surface area contributed by atoms with E-state index < -0.39 is 0 Å². The normalized spacial score (nSPS) is 25.9. The maximum Gasteiger partial charge on any atom is 0.0753 e. The van der Waals surface area contributed by atoms with Crippen molar-refractivity contribution in [2.24, 2.45) is 0 Å². The molecule has 4 nitrogen and oxygen atoms in total. The van der Waals surface area contributed by atoms with Gasteiger partial charge in [-0.3, -0.25) is 4.68 Å². The molecular weight excluding hydrogens is 212 g/mol. The number of aromatic nitrogens is 2. The number of hydrogen-bond donors (Lipinski definition) is 1. The highest BCUT2D eigenvalue weighted by Gasteiger charge is 2.27. The molecule has 1 saturated heterocycles. The molecule has 0 amide bonds. The lowest BCUT2D eigenvalue weighted by Crippen LogP contribution is -2.48. The summed E-state index contributed by atoms with van der Waals surface area (Å²) in [6.45, 7) is 10.9. The first-order chi connectivity index (χ1) is 8.17. The maximum atomic E-state index is 4.37. The maximum absolute atomic E-state index is 4.37. The first-order valence-electron chi connectivity index (χ1n) is 6.69. The van der Waals surface area contributed by atoms with Crippen LogP contribution in [0.3, 0.4) is 0 Å². The number of aryl methyl sites for hydroxylation is 1. The SMILES string of the molecule is CCn1cc(N2CCCNC(C)(CC)C2)cn1. The van der Waals surface area contributed by atoms with Crippen molar-refractivity contribution in [1.29, 1.82) is 0 Å². The first-order valence-corrected chi connectivity index (χ1v) is 6.69. The lowest BCUT2D eigenvalue weighted by Gasteiger charge is -2.33. The third-order valence-corrected chi connectivity index (χ3v) is 3.79. The van der Waals surface area contributed by atoms with Crippen LogP contribution >= 0.6 is 0 Å². The van der Waals surface area contributed by atoms with Gasteiger partial charge in [0.05, 0.1) is 11.9 Å². The van der Waals surface area contributed by atoms with E-state index in [0.29, 0.717) is 0 Å². The fourth-order valence-electron chi connectivity index (χ4n) is 2.36. The van der Waals surface area contributed by atoms with Crippen molar-refractivity contribution in [2.75, 3.05) is 24.5 Å². The minimum atomic E-state index is 0.227. The summed E-state index contributed by atoms with van der Waals surface area (Å²) in [5.74, 6) is 0. The third kappa shape index (κ3) is 2.80. The van der Waals surface area contributed by atoms with Gasteiger partial charge in [-0.05, 0) is 33.2 Å². The van der Waals surface area contributed by atoms with Crippen LogP contribution in [-0.4, -0.2) is 35.0 Å². The van der Waals surface area contributed by atoms with Crippen LogP contribution in [0.15, 0.2) is 12.4 Å². The van der Waals surface area contributed by atoms with Gasteiger partial charge in [0, 0.05) is 31.4 Å². The summed E-state index contributed by atoms with van der Waals surface area (Å²) < 4.78 is 2.00. The van der Waals surface area contributed by atoms with Crippen LogP contribution in [0.25, 0.3) is 0 Å². The molecule has 2 rings (SSSR count). The van der Waals surface area contributed by atoms with Crippen LogP contribution in [0.2, 0.25) is 0 Å². The van der Waals surface area contributed by atoms with E-state index in [1.54, 1.807) is 0 Å². The molecular formula is C13H24N4. The monoisotopic (exact) mass is 236 g/mol. The Labute approximate surface area is 104 Å². The predicted molar refractivity (Wildman–Crippen MR) is 71.4 cm³/mol. The summed E-state index contributed by atoms with van der Waals surface area (Å²) in [5, 5.41) is 8.03. The summed E-state index contributed by atoms with van der Waals surface area (Å²) >= 11 is 0. The average molecular weight is 236 g/mol. The summed E-state index contributed by atoms with van der Waals surface area (Å²) in [4.78, 5) is 2.46. The Bertz CT molecular complexity index is 360. The van der Waals surface area contributed by atoms with Gasteiger partial charge < -0.3 is 10.2 Å². The molecule has 4 heteroatoms. The molecule has 17 heavy (non-hydrogen) atoms. The number of anilines is 1. The van der Waals surface area contributed by atoms with E-state index in [0.717, 1.165) is 32.6 Å². The van der Waals surface area contributed by atoms with Crippen LogP contribution in [-0.2, 0) is 6.54 Å². The molecule has 1 aliphatic heterocycles. The van der Waals surface area contributed by atoms with Crippen LogP contribution < -0.4 is 10.2 Å². The fourth-order valence-corrected chi connectivity index (χ4v) is 2.36. The first kappa shape index (κ1) is 12.4. The Balaban J connectivity index is 2.13. The predicted octanol–water partition coefficient (Wildman–Crippen LogP) is 1.87. The zero-order valence-corrected chi connectivity index (χ0v) is 11.2. The fraction of sp³-hybridized carbons (Fsp3) is 0.769. The molecule has 2 heterocycles. The topological polar surface area (TPSA) is 33.1 Å². The number of nitrogens with zero attached hydrogens (tertiary/aromatic N) is 3. The molecule has 1 aliphatic rings. The molecule has 96 valence electrons. The lowest BCUT2D eigenvalue weighted by molar-refractivity contribution is 0.366. The van der Waals surface area contributed by atoms with Gasteiger partial charge in [-0.1, -0.05) is 6.92 Å². The average Bonchev–Trinajstić information content (AvgIpc) is 2.73. The minimum Gasteiger partial charge on any atom is -0.367 e. The van der Waals surface area contributed by atoms with E-state index >= 15 is 0 Å². The zero-order valence-electron chi connectivity index (χ0n) is 11.2. The van der Waals surface area contributed by atoms with E-state index in [9.17, 15) is 0 Å². The van der Waals surface area contributed by atoms with Crippen LogP contribution in [0.4, 0.5) is 5.69 Å². The minimum absolute atomic E-state index is 0.227. The molecule has 0 aliphatic carbocycles. The van der Waals surface area contributed by atoms with Gasteiger partial charge in [-0.15, -0.1) is 0 Å². The Hall–Kier alpha value is -1.03. The van der Waals surface area contributed by atoms with Gasteiger partial charge in [0.25, 0.3) is 0 Å². The molecule has 0 saturated carbocycles. The molecule has 1 fully saturated rings. The highest BCUT2D eigenvalue weighted by atomic mass is 15.3. The lowest BCUT2D eigenvalue weighted by atomic mass is 9.98. The Morgan fingerprint density at radius 2 is 2.29 bits per heavy atom. The van der Waals surface area contributed by atoms with Gasteiger partial charge in [-0.25, -0.2) is 0 Å². The molecule has 0 aromatic carbocycles. The smallest absolute Gasteiger partial charge is 0.0753 e. The highest BCUT2D eigenvalue weighted by Crippen LogP contribution is 2.21. The van der Waals surface area contributed by atoms with E-state index in [2.05, 4.69) is 42.3 Å². The van der Waals surface area contributed by atoms with E-state index in [-0.39, 0.29) is 5.54 Å². The summed E-state index contributed by atoms with van der Waals surface area (Å²) in [6.07, 6.45) is 6.50. The Morgan fingerprint density at radius 1 is 1.47 bits per heavy atom. The standard InChI is InChI=1S/C13H24N4/c1-4-13(3)11-16(8-6-7-14-13)12-9-15-17(5-2)10-12/h9-10,14H,4-8,11H2,1-3H3. The molecule has 0 radical (unpaired) electrons. The number of nitrogens with one attached hydrogen (secondary N) is 1. The van der Waals surface area contributed by atoms with Crippen molar-refractivity contribution < 1.29 is 0 Å². The van der Waals surface area contributed by atoms with Gasteiger partial charge >= 0.3 is 0 Å². The van der Waals surface area contributed by atoms with Crippen molar-refractivity contribution in [3.63, 3.8) is 0 Å². The Morgan fingerprint density at radius 3 is 2.94 bits per heavy atom. The van der Waals surface area contributed by atoms with Crippen LogP contribution in [0, 0.1) is 0 Å². The molecule has 0 spiro atoms. The van der Waals surface area contributed by atoms with E-state index in [1.807, 2.05) is 10.9 Å². The van der Waals surface area contributed by atoms with E-state index in [1.165, 1.54) is 12.1 Å². The summed E-state index contributed by atoms with van der Waals surface area (Å²) in [7, 11) is 0. The van der Waals surface area contributed by atoms with Crippen molar-refractivity contribution >= 4 is 5.69 Å². The van der Waals surface area contributed by atoms with Crippen molar-refractivity contribution in [1.82, 2.24) is 15.1 Å². The van der Waals surface area contributed by atoms with Gasteiger partial charge in [0.2, 0.25) is 0 Å². The molecule has 1 N–H and O–H groups in total. The highest BCUT2D eigenvalue weighted by molar-refractivity contribution is 5.43. The second-order valence-corrected chi connectivity index (χ2v) is 5.17. The molecule has 1 atom stereocenters. The van der Waals surface area contributed by atoms with Gasteiger partial charge in [-0.2, -0.15) is 5.10 Å². The summed E-state index contributed by atoms with van der Waals surface area (Å²) in [6, 6.07) is 0. The molecule has 0 bridgehead atoms. The third-order valence-electron chi connectivity index (χ3n) is 3.79. The number of hydrogen-bond acceptors (Lipinski definition) is 3. The largest absolute Gasteiger partial charge is 0.367 e. The molecule has 1 unspecified atom stereocenters. The second kappa shape index (κ2) is 5.08. The van der Waals surface area contributed by atoms with Gasteiger partial charge in [0.1, 0.15) is 0 Å². The number of rotatable bonds is 3. The quantitative estimate of drug-likeness (QED) is 0.870. The second-order valence-electron chi connectivity index (χ2n) is 5.17. The summed E-state index contributed by atoms with van der Waals surface area (Å²) in [5.41, 5.74) is 1.49. The van der Waals surface area contributed by atoms with Gasteiger partial charge in [0.15, 0.2) is 0 Å².